The van der Waals surface area contributed by atoms with E-state index in [9.17, 15) is 5.11 Å². The van der Waals surface area contributed by atoms with E-state index in [-0.39, 0.29) is 0 Å². The predicted molar refractivity (Wildman–Crippen MR) is 133 cm³/mol. The quantitative estimate of drug-likeness (QED) is 0.403. The van der Waals surface area contributed by atoms with Crippen molar-refractivity contribution in [1.82, 2.24) is 0 Å². The molecule has 178 valence electrons. The Morgan fingerprint density at radius 3 is 2.48 bits per heavy atom. The van der Waals surface area contributed by atoms with Crippen LogP contribution in [0.15, 0.2) is 11.6 Å². The fourth-order valence-corrected chi connectivity index (χ4v) is 9.23. The minimum absolute atomic E-state index is 0.366. The van der Waals surface area contributed by atoms with Crippen molar-refractivity contribution in [2.75, 3.05) is 0 Å². The first-order valence-corrected chi connectivity index (χ1v) is 14.0. The van der Waals surface area contributed by atoms with Gasteiger partial charge in [0, 0.05) is 0 Å². The van der Waals surface area contributed by atoms with Gasteiger partial charge in [-0.25, -0.2) is 0 Å². The second-order valence-electron chi connectivity index (χ2n) is 13.5. The Morgan fingerprint density at radius 2 is 1.74 bits per heavy atom. The van der Waals surface area contributed by atoms with Crippen LogP contribution in [-0.2, 0) is 0 Å². The van der Waals surface area contributed by atoms with Gasteiger partial charge in [-0.15, -0.1) is 0 Å². The largest absolute Gasteiger partial charge is 0.390 e. The minimum Gasteiger partial charge on any atom is -0.390 e. The van der Waals surface area contributed by atoms with Crippen LogP contribution in [0, 0.1) is 46.3 Å². The number of hydrogen-bond acceptors (Lipinski definition) is 1. The molecule has 1 nitrogen and oxygen atoms in total. The van der Waals surface area contributed by atoms with Gasteiger partial charge in [0.2, 0.25) is 0 Å². The van der Waals surface area contributed by atoms with Crippen LogP contribution in [0.3, 0.4) is 0 Å². The molecule has 1 N–H and O–H groups in total. The highest BCUT2D eigenvalue weighted by Crippen LogP contribution is 2.67. The molecule has 0 aromatic rings. The molecule has 0 bridgehead atoms. The van der Waals surface area contributed by atoms with E-state index < -0.39 is 5.60 Å². The SMILES string of the molecule is CCCC[C@H](C)CC[C@@H](C)[C@H]1CCC2[C@@H]3CC=C4C[C@@](C)(O)CC[C@]4(C)C3CC[C@@]21C. The normalized spacial score (nSPS) is 46.5. The zero-order valence-electron chi connectivity index (χ0n) is 21.7. The van der Waals surface area contributed by atoms with Gasteiger partial charge in [-0.2, -0.15) is 0 Å². The second-order valence-corrected chi connectivity index (χ2v) is 13.5. The van der Waals surface area contributed by atoms with Crippen LogP contribution in [-0.4, -0.2) is 10.7 Å². The summed E-state index contributed by atoms with van der Waals surface area (Å²) in [5, 5.41) is 10.7. The molecule has 4 aliphatic rings. The third kappa shape index (κ3) is 4.31. The Bertz CT molecular complexity index is 661. The van der Waals surface area contributed by atoms with Crippen molar-refractivity contribution in [3.63, 3.8) is 0 Å². The van der Waals surface area contributed by atoms with Gasteiger partial charge in [0.25, 0.3) is 0 Å². The second kappa shape index (κ2) is 8.81. The molecular formula is C30H52O. The van der Waals surface area contributed by atoms with Crippen LogP contribution >= 0.6 is 0 Å². The minimum atomic E-state index is -0.469. The van der Waals surface area contributed by atoms with E-state index in [1.165, 1.54) is 70.6 Å². The van der Waals surface area contributed by atoms with E-state index in [0.29, 0.717) is 10.8 Å². The lowest BCUT2D eigenvalue weighted by Gasteiger charge is -2.59. The van der Waals surface area contributed by atoms with Gasteiger partial charge in [0.1, 0.15) is 0 Å². The standard InChI is InChI=1S/C30H52O/c1-7-8-9-21(2)10-11-22(3)25-14-15-26-24-13-12-23-20-28(4,31)18-19-29(23,5)27(24)16-17-30(25,26)6/h12,21-22,24-27,31H,7-11,13-20H2,1-6H3/t21-,22+,24-,25+,26?,27?,28-,29-,30+/m0/s1. The number of rotatable bonds is 7. The molecule has 0 radical (unpaired) electrons. The van der Waals surface area contributed by atoms with Crippen LogP contribution in [0.2, 0.25) is 0 Å². The molecule has 2 unspecified atom stereocenters. The molecule has 4 rings (SSSR count). The Morgan fingerprint density at radius 1 is 0.968 bits per heavy atom. The number of unbranched alkanes of at least 4 members (excludes halogenated alkanes) is 1. The molecule has 0 aliphatic heterocycles. The number of hydrogen-bond donors (Lipinski definition) is 1. The van der Waals surface area contributed by atoms with E-state index in [0.717, 1.165) is 48.3 Å². The molecule has 3 saturated carbocycles. The van der Waals surface area contributed by atoms with Crippen LogP contribution in [0.5, 0.6) is 0 Å². The van der Waals surface area contributed by atoms with Gasteiger partial charge in [-0.1, -0.05) is 78.4 Å². The summed E-state index contributed by atoms with van der Waals surface area (Å²) in [5.41, 5.74) is 2.08. The van der Waals surface area contributed by atoms with Crippen LogP contribution < -0.4 is 0 Å². The number of allylic oxidation sites excluding steroid dienone is 1. The fraction of sp³-hybridized carbons (Fsp3) is 0.933. The maximum atomic E-state index is 10.7. The topological polar surface area (TPSA) is 20.2 Å². The van der Waals surface area contributed by atoms with E-state index in [1.54, 1.807) is 5.57 Å². The van der Waals surface area contributed by atoms with Gasteiger partial charge in [-0.05, 0) is 105 Å². The van der Waals surface area contributed by atoms with Gasteiger partial charge >= 0.3 is 0 Å². The summed E-state index contributed by atoms with van der Waals surface area (Å²) in [4.78, 5) is 0. The third-order valence-electron chi connectivity index (χ3n) is 11.3. The lowest BCUT2D eigenvalue weighted by molar-refractivity contribution is -0.0706. The van der Waals surface area contributed by atoms with Crippen molar-refractivity contribution in [2.24, 2.45) is 46.3 Å². The molecular weight excluding hydrogens is 376 g/mol. The Hall–Kier alpha value is -0.300. The Labute approximate surface area is 193 Å². The van der Waals surface area contributed by atoms with Crippen LogP contribution in [0.25, 0.3) is 0 Å². The van der Waals surface area contributed by atoms with Crippen molar-refractivity contribution in [3.8, 4) is 0 Å². The molecule has 3 fully saturated rings. The van der Waals surface area contributed by atoms with Gasteiger partial charge in [-0.3, -0.25) is 0 Å². The van der Waals surface area contributed by atoms with Crippen molar-refractivity contribution in [2.45, 2.75) is 131 Å². The zero-order valence-corrected chi connectivity index (χ0v) is 21.7. The summed E-state index contributed by atoms with van der Waals surface area (Å²) < 4.78 is 0. The third-order valence-corrected chi connectivity index (χ3v) is 11.3. The fourth-order valence-electron chi connectivity index (χ4n) is 9.23. The molecule has 0 saturated heterocycles. The average molecular weight is 429 g/mol. The summed E-state index contributed by atoms with van der Waals surface area (Å²) >= 11 is 0. The van der Waals surface area contributed by atoms with Gasteiger partial charge in [0.05, 0.1) is 5.60 Å². The monoisotopic (exact) mass is 428 g/mol. The molecule has 31 heavy (non-hydrogen) atoms. The lowest BCUT2D eigenvalue weighted by Crippen LogP contribution is -2.52. The maximum absolute atomic E-state index is 10.7. The van der Waals surface area contributed by atoms with Gasteiger partial charge < -0.3 is 5.11 Å². The first-order chi connectivity index (χ1) is 14.6. The van der Waals surface area contributed by atoms with Crippen molar-refractivity contribution >= 4 is 0 Å². The van der Waals surface area contributed by atoms with E-state index in [1.807, 2.05) is 0 Å². The summed E-state index contributed by atoms with van der Waals surface area (Å²) in [6.45, 7) is 14.7. The highest BCUT2D eigenvalue weighted by molar-refractivity contribution is 5.26. The van der Waals surface area contributed by atoms with Crippen molar-refractivity contribution in [3.05, 3.63) is 11.6 Å². The van der Waals surface area contributed by atoms with E-state index in [4.69, 9.17) is 0 Å². The van der Waals surface area contributed by atoms with Gasteiger partial charge in [0.15, 0.2) is 0 Å². The number of aliphatic hydroxyl groups is 1. The highest BCUT2D eigenvalue weighted by atomic mass is 16.3. The molecule has 4 aliphatic carbocycles. The first kappa shape index (κ1) is 23.8. The molecule has 1 heteroatoms. The van der Waals surface area contributed by atoms with E-state index >= 15 is 0 Å². The summed E-state index contributed by atoms with van der Waals surface area (Å²) in [6, 6.07) is 0. The molecule has 0 spiro atoms. The number of fused-ring (bicyclic) bond motifs is 5. The molecule has 9 atom stereocenters. The van der Waals surface area contributed by atoms with Crippen LogP contribution in [0.4, 0.5) is 0 Å². The predicted octanol–water partition coefficient (Wildman–Crippen LogP) is 8.56. The lowest BCUT2D eigenvalue weighted by atomic mass is 9.46. The average Bonchev–Trinajstić information content (AvgIpc) is 3.08. The first-order valence-electron chi connectivity index (χ1n) is 14.0. The molecule has 0 amide bonds. The van der Waals surface area contributed by atoms with Crippen molar-refractivity contribution < 1.29 is 5.11 Å². The summed E-state index contributed by atoms with van der Waals surface area (Å²) in [5.74, 6) is 5.45. The maximum Gasteiger partial charge on any atom is 0.0657 e. The molecule has 0 aromatic carbocycles. The Kier molecular flexibility index (Phi) is 6.78. The molecule has 0 aromatic heterocycles. The highest BCUT2D eigenvalue weighted by Gasteiger charge is 2.59. The van der Waals surface area contributed by atoms with Crippen LogP contribution in [0.1, 0.15) is 125 Å². The smallest absolute Gasteiger partial charge is 0.0657 e. The zero-order chi connectivity index (χ0) is 22.4. The Balaban J connectivity index is 1.45. The molecule has 0 heterocycles. The summed E-state index contributed by atoms with van der Waals surface area (Å²) in [6.07, 6.45) is 19.9. The summed E-state index contributed by atoms with van der Waals surface area (Å²) in [7, 11) is 0. The van der Waals surface area contributed by atoms with E-state index in [2.05, 4.69) is 47.6 Å². The van der Waals surface area contributed by atoms with Crippen molar-refractivity contribution in [1.29, 1.82) is 0 Å².